The molecule has 3 aromatic rings. The molecular formula is C25H28N6O2. The lowest BCUT2D eigenvalue weighted by Crippen LogP contribution is -2.56. The Morgan fingerprint density at radius 2 is 1.91 bits per heavy atom. The number of hydrogen-bond acceptors (Lipinski definition) is 6. The summed E-state index contributed by atoms with van der Waals surface area (Å²) in [5.74, 6) is 1.12. The summed E-state index contributed by atoms with van der Waals surface area (Å²) in [4.78, 5) is 41.4. The van der Waals surface area contributed by atoms with Gasteiger partial charge in [0.2, 0.25) is 5.91 Å². The summed E-state index contributed by atoms with van der Waals surface area (Å²) in [6, 6.07) is 14.8. The molecule has 1 aliphatic heterocycles. The Morgan fingerprint density at radius 3 is 2.64 bits per heavy atom. The highest BCUT2D eigenvalue weighted by atomic mass is 16.2. The molecule has 170 valence electrons. The number of aryl methyl sites for hydroxylation is 2. The molecule has 8 heteroatoms. The van der Waals surface area contributed by atoms with E-state index in [1.165, 1.54) is 0 Å². The summed E-state index contributed by atoms with van der Waals surface area (Å²) in [7, 11) is 1.62. The summed E-state index contributed by atoms with van der Waals surface area (Å²) in [6.45, 7) is 4.63. The predicted molar refractivity (Wildman–Crippen MR) is 126 cm³/mol. The minimum Gasteiger partial charge on any atom is -0.358 e. The molecule has 8 nitrogen and oxygen atoms in total. The summed E-state index contributed by atoms with van der Waals surface area (Å²) >= 11 is 0. The molecule has 0 unspecified atom stereocenters. The minimum absolute atomic E-state index is 0.113. The molecule has 0 aliphatic carbocycles. The quantitative estimate of drug-likeness (QED) is 0.627. The van der Waals surface area contributed by atoms with Crippen LogP contribution in [-0.4, -0.2) is 51.8 Å². The van der Waals surface area contributed by atoms with Gasteiger partial charge < -0.3 is 15.5 Å². The van der Waals surface area contributed by atoms with Crippen LogP contribution >= 0.6 is 0 Å². The fourth-order valence-electron chi connectivity index (χ4n) is 4.47. The number of carbonyl (C=O) groups excluding carboxylic acids is 2. The number of rotatable bonds is 5. The molecule has 1 aliphatic rings. The van der Waals surface area contributed by atoms with E-state index in [0.29, 0.717) is 42.3 Å². The third kappa shape index (κ3) is 4.69. The SMILES string of the molecule is CNC(=O)[C@]1(c2ccccn2)CCCN(C(=O)c2cccc(Nc3cc(C)nc(C)n3)c2)C1. The van der Waals surface area contributed by atoms with Crippen LogP contribution in [0.5, 0.6) is 0 Å². The molecular weight excluding hydrogens is 416 g/mol. The molecule has 1 aromatic carbocycles. The molecule has 0 saturated carbocycles. The van der Waals surface area contributed by atoms with E-state index >= 15 is 0 Å². The number of piperidine rings is 1. The number of aromatic nitrogens is 3. The number of hydrogen-bond donors (Lipinski definition) is 2. The number of pyridine rings is 1. The molecule has 2 amide bonds. The van der Waals surface area contributed by atoms with E-state index in [1.807, 2.05) is 56.3 Å². The van der Waals surface area contributed by atoms with Crippen molar-refractivity contribution in [1.82, 2.24) is 25.2 Å². The van der Waals surface area contributed by atoms with Crippen molar-refractivity contribution in [2.45, 2.75) is 32.1 Å². The van der Waals surface area contributed by atoms with E-state index in [0.717, 1.165) is 11.4 Å². The van der Waals surface area contributed by atoms with Gasteiger partial charge in [-0.15, -0.1) is 0 Å². The molecule has 4 rings (SSSR count). The van der Waals surface area contributed by atoms with Crippen LogP contribution in [0.15, 0.2) is 54.7 Å². The summed E-state index contributed by atoms with van der Waals surface area (Å²) < 4.78 is 0. The Balaban J connectivity index is 1.59. The first kappa shape index (κ1) is 22.4. The molecule has 2 N–H and O–H groups in total. The zero-order chi connectivity index (χ0) is 23.4. The lowest BCUT2D eigenvalue weighted by molar-refractivity contribution is -0.128. The second-order valence-corrected chi connectivity index (χ2v) is 8.35. The summed E-state index contributed by atoms with van der Waals surface area (Å²) in [6.07, 6.45) is 3.04. The van der Waals surface area contributed by atoms with Gasteiger partial charge in [-0.3, -0.25) is 14.6 Å². The van der Waals surface area contributed by atoms with E-state index in [-0.39, 0.29) is 18.4 Å². The Kier molecular flexibility index (Phi) is 6.35. The average Bonchev–Trinajstić information content (AvgIpc) is 2.83. The van der Waals surface area contributed by atoms with Gasteiger partial charge in [0.25, 0.3) is 5.91 Å². The fraction of sp³-hybridized carbons (Fsp3) is 0.320. The number of benzene rings is 1. The monoisotopic (exact) mass is 444 g/mol. The van der Waals surface area contributed by atoms with Crippen molar-refractivity contribution in [2.75, 3.05) is 25.5 Å². The molecule has 0 radical (unpaired) electrons. The zero-order valence-electron chi connectivity index (χ0n) is 19.1. The van der Waals surface area contributed by atoms with Crippen LogP contribution in [-0.2, 0) is 10.2 Å². The van der Waals surface area contributed by atoms with Gasteiger partial charge in [-0.05, 0) is 57.0 Å². The number of nitrogens with one attached hydrogen (secondary N) is 2. The molecule has 3 heterocycles. The molecule has 0 bridgehead atoms. The van der Waals surface area contributed by atoms with Crippen LogP contribution in [0, 0.1) is 13.8 Å². The van der Waals surface area contributed by atoms with Gasteiger partial charge in [0, 0.05) is 49.3 Å². The van der Waals surface area contributed by atoms with Crippen LogP contribution in [0.3, 0.4) is 0 Å². The number of carbonyl (C=O) groups is 2. The van der Waals surface area contributed by atoms with Crippen LogP contribution in [0.4, 0.5) is 11.5 Å². The van der Waals surface area contributed by atoms with Crippen molar-refractivity contribution < 1.29 is 9.59 Å². The maximum absolute atomic E-state index is 13.5. The first-order chi connectivity index (χ1) is 15.9. The first-order valence-electron chi connectivity index (χ1n) is 11.0. The Labute approximate surface area is 193 Å². The first-order valence-corrected chi connectivity index (χ1v) is 11.0. The van der Waals surface area contributed by atoms with Crippen molar-refractivity contribution in [1.29, 1.82) is 0 Å². The third-order valence-electron chi connectivity index (χ3n) is 5.94. The van der Waals surface area contributed by atoms with Gasteiger partial charge in [-0.25, -0.2) is 9.97 Å². The van der Waals surface area contributed by atoms with Gasteiger partial charge in [0.1, 0.15) is 17.1 Å². The topological polar surface area (TPSA) is 100 Å². The van der Waals surface area contributed by atoms with Gasteiger partial charge in [-0.2, -0.15) is 0 Å². The van der Waals surface area contributed by atoms with Gasteiger partial charge in [0.05, 0.1) is 5.69 Å². The largest absolute Gasteiger partial charge is 0.358 e. The lowest BCUT2D eigenvalue weighted by atomic mass is 9.75. The molecule has 0 spiro atoms. The van der Waals surface area contributed by atoms with E-state index < -0.39 is 5.41 Å². The second-order valence-electron chi connectivity index (χ2n) is 8.35. The minimum atomic E-state index is -0.865. The average molecular weight is 445 g/mol. The smallest absolute Gasteiger partial charge is 0.253 e. The van der Waals surface area contributed by atoms with Crippen molar-refractivity contribution >= 4 is 23.3 Å². The van der Waals surface area contributed by atoms with E-state index in [2.05, 4.69) is 25.6 Å². The van der Waals surface area contributed by atoms with Crippen molar-refractivity contribution in [3.8, 4) is 0 Å². The molecule has 1 saturated heterocycles. The van der Waals surface area contributed by atoms with Crippen molar-refractivity contribution in [2.24, 2.45) is 0 Å². The highest BCUT2D eigenvalue weighted by Gasteiger charge is 2.45. The number of likely N-dealkylation sites (N-methyl/N-ethyl adjacent to an activating group) is 1. The standard InChI is InChI=1S/C25H28N6O2/c1-17-14-22(29-18(2)28-17)30-20-9-6-8-19(15-20)23(32)31-13-7-11-25(16-31,24(33)26-3)21-10-4-5-12-27-21/h4-6,8-10,12,14-15H,7,11,13,16H2,1-3H3,(H,26,33)(H,28,29,30)/t25-/m1/s1. The fourth-order valence-corrected chi connectivity index (χ4v) is 4.47. The van der Waals surface area contributed by atoms with Crippen molar-refractivity contribution in [3.05, 3.63) is 77.5 Å². The van der Waals surface area contributed by atoms with Gasteiger partial charge in [-0.1, -0.05) is 12.1 Å². The molecule has 1 atom stereocenters. The predicted octanol–water partition coefficient (Wildman–Crippen LogP) is 3.15. The van der Waals surface area contributed by atoms with Crippen LogP contribution in [0.25, 0.3) is 0 Å². The molecule has 33 heavy (non-hydrogen) atoms. The van der Waals surface area contributed by atoms with E-state index in [9.17, 15) is 9.59 Å². The van der Waals surface area contributed by atoms with Gasteiger partial charge in [0.15, 0.2) is 0 Å². The Morgan fingerprint density at radius 1 is 1.06 bits per heavy atom. The maximum Gasteiger partial charge on any atom is 0.253 e. The lowest BCUT2D eigenvalue weighted by Gasteiger charge is -2.41. The Bertz CT molecular complexity index is 1150. The zero-order valence-corrected chi connectivity index (χ0v) is 19.1. The van der Waals surface area contributed by atoms with Crippen LogP contribution < -0.4 is 10.6 Å². The Hall–Kier alpha value is -3.81. The third-order valence-corrected chi connectivity index (χ3v) is 5.94. The number of amides is 2. The number of likely N-dealkylation sites (tertiary alicyclic amines) is 1. The highest BCUT2D eigenvalue weighted by Crippen LogP contribution is 2.34. The normalized spacial score (nSPS) is 18.0. The highest BCUT2D eigenvalue weighted by molar-refractivity contribution is 5.96. The molecule has 2 aromatic heterocycles. The maximum atomic E-state index is 13.5. The van der Waals surface area contributed by atoms with Gasteiger partial charge >= 0.3 is 0 Å². The van der Waals surface area contributed by atoms with Crippen molar-refractivity contribution in [3.63, 3.8) is 0 Å². The molecule has 1 fully saturated rings. The van der Waals surface area contributed by atoms with Crippen LogP contribution in [0.2, 0.25) is 0 Å². The van der Waals surface area contributed by atoms with E-state index in [1.54, 1.807) is 24.2 Å². The number of nitrogens with zero attached hydrogens (tertiary/aromatic N) is 4. The summed E-state index contributed by atoms with van der Waals surface area (Å²) in [5, 5.41) is 6.04. The number of anilines is 2. The summed E-state index contributed by atoms with van der Waals surface area (Å²) in [5.41, 5.74) is 2.00. The van der Waals surface area contributed by atoms with E-state index in [4.69, 9.17) is 0 Å². The second kappa shape index (κ2) is 9.36. The van der Waals surface area contributed by atoms with Crippen LogP contribution in [0.1, 0.15) is 40.4 Å².